The minimum atomic E-state index is -4.25. The molecule has 0 radical (unpaired) electrons. The maximum Gasteiger partial charge on any atom is 0.344 e. The minimum Gasteiger partial charge on any atom is -0.497 e. The van der Waals surface area contributed by atoms with E-state index in [1.54, 1.807) is 34.1 Å². The first kappa shape index (κ1) is 27.0. The van der Waals surface area contributed by atoms with Gasteiger partial charge < -0.3 is 22.9 Å². The van der Waals surface area contributed by atoms with Gasteiger partial charge in [0.05, 0.1) is 14.2 Å². The lowest BCUT2D eigenvalue weighted by atomic mass is 9.51. The van der Waals surface area contributed by atoms with Crippen molar-refractivity contribution in [3.63, 3.8) is 0 Å². The highest BCUT2D eigenvalue weighted by atomic mass is 32.2. The zero-order valence-corrected chi connectivity index (χ0v) is 24.4. The van der Waals surface area contributed by atoms with Crippen LogP contribution in [0.25, 0.3) is 0 Å². The molecule has 0 saturated heterocycles. The molecule has 1 aliphatic heterocycles. The topological polar surface area (TPSA) is 97.1 Å². The summed E-state index contributed by atoms with van der Waals surface area (Å²) in [7, 11) is -1.03. The van der Waals surface area contributed by atoms with Gasteiger partial charge in [-0.1, -0.05) is 36.9 Å². The summed E-state index contributed by atoms with van der Waals surface area (Å²) in [6, 6.07) is 11.7. The van der Waals surface area contributed by atoms with Gasteiger partial charge >= 0.3 is 10.1 Å². The fraction of sp³-hybridized carbons (Fsp3) is 0.516. The molecule has 2 aliphatic carbocycles. The second kappa shape index (κ2) is 10.0. The molecule has 40 heavy (non-hydrogen) atoms. The highest BCUT2D eigenvalue weighted by molar-refractivity contribution is 7.87. The third-order valence-electron chi connectivity index (χ3n) is 9.35. The van der Waals surface area contributed by atoms with Crippen LogP contribution in [0.5, 0.6) is 23.0 Å². The molecule has 1 spiro atoms. The van der Waals surface area contributed by atoms with Crippen LogP contribution >= 0.6 is 0 Å². The molecule has 0 N–H and O–H groups in total. The summed E-state index contributed by atoms with van der Waals surface area (Å²) in [5.41, 5.74) is 1.38. The van der Waals surface area contributed by atoms with E-state index in [9.17, 15) is 8.42 Å². The summed E-state index contributed by atoms with van der Waals surface area (Å²) < 4.78 is 56.7. The fourth-order valence-electron chi connectivity index (χ4n) is 7.71. The molecule has 3 aliphatic rings. The van der Waals surface area contributed by atoms with Crippen molar-refractivity contribution in [3.05, 3.63) is 59.0 Å². The molecule has 2 atom stereocenters. The predicted molar refractivity (Wildman–Crippen MR) is 149 cm³/mol. The van der Waals surface area contributed by atoms with E-state index >= 15 is 0 Å². The third kappa shape index (κ3) is 4.16. The van der Waals surface area contributed by atoms with E-state index in [4.69, 9.17) is 22.9 Å². The molecule has 8 nitrogen and oxygen atoms in total. The van der Waals surface area contributed by atoms with E-state index in [0.29, 0.717) is 5.75 Å². The van der Waals surface area contributed by atoms with E-state index in [0.717, 1.165) is 68.4 Å². The first-order valence-corrected chi connectivity index (χ1v) is 15.6. The van der Waals surface area contributed by atoms with E-state index in [-0.39, 0.29) is 33.4 Å². The average Bonchev–Trinajstić information content (AvgIpc) is 3.31. The summed E-state index contributed by atoms with van der Waals surface area (Å²) in [6.07, 6.45) is 9.51. The number of benzene rings is 2. The van der Waals surface area contributed by atoms with Crippen LogP contribution in [-0.2, 0) is 21.1 Å². The number of hydrogen-bond acceptors (Lipinski definition) is 8. The molecule has 2 saturated carbocycles. The normalized spacial score (nSPS) is 23.6. The zero-order chi connectivity index (χ0) is 28.1. The molecule has 2 aromatic carbocycles. The summed E-state index contributed by atoms with van der Waals surface area (Å²) >= 11 is 0. The molecule has 2 heterocycles. The van der Waals surface area contributed by atoms with Gasteiger partial charge in [-0.15, -0.1) is 0 Å². The highest BCUT2D eigenvalue weighted by Gasteiger charge is 2.60. The Morgan fingerprint density at radius 1 is 0.875 bits per heavy atom. The Bertz CT molecular complexity index is 1500. The molecule has 1 aromatic heterocycles. The molecular formula is C31H37NO7S. The van der Waals surface area contributed by atoms with Crippen molar-refractivity contribution < 1.29 is 31.3 Å². The van der Waals surface area contributed by atoms with Gasteiger partial charge in [-0.05, 0) is 64.2 Å². The van der Waals surface area contributed by atoms with Crippen molar-refractivity contribution >= 4 is 10.1 Å². The van der Waals surface area contributed by atoms with Gasteiger partial charge in [0.2, 0.25) is 0 Å². The van der Waals surface area contributed by atoms with Crippen LogP contribution in [0, 0.1) is 19.8 Å². The number of aryl methyl sites for hydroxylation is 2. The SMILES string of the molecule is COc1ccc2c(c1)O[C@@]1(c3ccc(OC)cc3OS(=O)(=O)c3c(C)noc3C)CCCC[C@H]1C21CCCCC1. The Labute approximate surface area is 236 Å². The summed E-state index contributed by atoms with van der Waals surface area (Å²) in [5, 5.41) is 3.84. The number of rotatable bonds is 6. The number of methoxy groups -OCH3 is 2. The molecular weight excluding hydrogens is 530 g/mol. The van der Waals surface area contributed by atoms with Crippen LogP contribution in [0.4, 0.5) is 0 Å². The van der Waals surface area contributed by atoms with Crippen molar-refractivity contribution in [2.24, 2.45) is 5.92 Å². The molecule has 9 heteroatoms. The Morgan fingerprint density at radius 2 is 1.55 bits per heavy atom. The molecule has 3 aromatic rings. The van der Waals surface area contributed by atoms with Gasteiger partial charge in [-0.2, -0.15) is 8.42 Å². The highest BCUT2D eigenvalue weighted by Crippen LogP contribution is 2.64. The van der Waals surface area contributed by atoms with Crippen molar-refractivity contribution in [1.82, 2.24) is 5.16 Å². The smallest absolute Gasteiger partial charge is 0.344 e. The van der Waals surface area contributed by atoms with Gasteiger partial charge in [-0.25, -0.2) is 0 Å². The maximum atomic E-state index is 13.7. The van der Waals surface area contributed by atoms with E-state index in [1.165, 1.54) is 12.0 Å². The van der Waals surface area contributed by atoms with Gasteiger partial charge in [0.15, 0.2) is 16.4 Å². The molecule has 6 rings (SSSR count). The van der Waals surface area contributed by atoms with Gasteiger partial charge in [-0.3, -0.25) is 0 Å². The van der Waals surface area contributed by atoms with Crippen LogP contribution in [0.15, 0.2) is 45.8 Å². The zero-order valence-electron chi connectivity index (χ0n) is 23.6. The van der Waals surface area contributed by atoms with Crippen LogP contribution in [0.3, 0.4) is 0 Å². The number of nitrogens with zero attached hydrogens (tertiary/aromatic N) is 1. The lowest BCUT2D eigenvalue weighted by Crippen LogP contribution is -2.57. The summed E-state index contributed by atoms with van der Waals surface area (Å²) in [6.45, 7) is 3.16. The minimum absolute atomic E-state index is 0.0534. The fourth-order valence-corrected chi connectivity index (χ4v) is 8.96. The number of hydrogen-bond donors (Lipinski definition) is 0. The molecule has 0 unspecified atom stereocenters. The first-order chi connectivity index (χ1) is 19.2. The summed E-state index contributed by atoms with van der Waals surface area (Å²) in [4.78, 5) is -0.0534. The maximum absolute atomic E-state index is 13.7. The number of fused-ring (bicyclic) bond motifs is 4. The molecule has 2 fully saturated rings. The van der Waals surface area contributed by atoms with Crippen LogP contribution in [0.2, 0.25) is 0 Å². The monoisotopic (exact) mass is 567 g/mol. The van der Waals surface area contributed by atoms with E-state index in [2.05, 4.69) is 11.2 Å². The predicted octanol–water partition coefficient (Wildman–Crippen LogP) is 6.76. The molecule has 214 valence electrons. The van der Waals surface area contributed by atoms with Crippen molar-refractivity contribution in [3.8, 4) is 23.0 Å². The van der Waals surface area contributed by atoms with E-state index in [1.807, 2.05) is 24.3 Å². The lowest BCUT2D eigenvalue weighted by Gasteiger charge is -2.58. The number of ether oxygens (including phenoxy) is 3. The second-order valence-electron chi connectivity index (χ2n) is 11.4. The first-order valence-electron chi connectivity index (χ1n) is 14.2. The lowest BCUT2D eigenvalue weighted by molar-refractivity contribution is -0.0956. The van der Waals surface area contributed by atoms with Crippen LogP contribution in [-0.4, -0.2) is 27.8 Å². The van der Waals surface area contributed by atoms with Gasteiger partial charge in [0.1, 0.15) is 28.5 Å². The van der Waals surface area contributed by atoms with Gasteiger partial charge in [0.25, 0.3) is 0 Å². The standard InChI is InChI=1S/C31H37NO7S/c1-20-29(21(2)38-32-20)40(33,34)39-27-19-23(36-4)12-14-25(27)31-17-9-6-10-28(31)30(15-7-5-8-16-30)24-13-11-22(35-3)18-26(24)37-31/h11-14,18-19,28H,5-10,15-17H2,1-4H3/t28-,31+/m0/s1. The average molecular weight is 568 g/mol. The molecule has 0 bridgehead atoms. The number of aromatic nitrogens is 1. The van der Waals surface area contributed by atoms with Crippen molar-refractivity contribution in [2.75, 3.05) is 14.2 Å². The van der Waals surface area contributed by atoms with Crippen molar-refractivity contribution in [1.29, 1.82) is 0 Å². The van der Waals surface area contributed by atoms with E-state index < -0.39 is 15.7 Å². The summed E-state index contributed by atoms with van der Waals surface area (Å²) in [5.74, 6) is 2.61. The largest absolute Gasteiger partial charge is 0.497 e. The van der Waals surface area contributed by atoms with Crippen LogP contribution in [0.1, 0.15) is 80.4 Å². The Morgan fingerprint density at radius 3 is 2.23 bits per heavy atom. The Kier molecular flexibility index (Phi) is 6.76. The van der Waals surface area contributed by atoms with Gasteiger partial charge in [0, 0.05) is 34.6 Å². The third-order valence-corrected chi connectivity index (χ3v) is 10.8. The Balaban J connectivity index is 1.56. The quantitative estimate of drug-likeness (QED) is 0.302. The van der Waals surface area contributed by atoms with Crippen LogP contribution < -0.4 is 18.4 Å². The Hall–Kier alpha value is -3.20. The van der Waals surface area contributed by atoms with Crippen molar-refractivity contribution in [2.45, 2.75) is 87.5 Å². The molecule has 0 amide bonds. The second-order valence-corrected chi connectivity index (χ2v) is 12.9.